The Hall–Kier alpha value is -2.26. The first-order valence-electron chi connectivity index (χ1n) is 11.8. The van der Waals surface area contributed by atoms with Gasteiger partial charge in [-0.05, 0) is 66.3 Å². The average molecular weight is 429 g/mol. The summed E-state index contributed by atoms with van der Waals surface area (Å²) in [7, 11) is -1.42. The molecule has 0 atom stereocenters. The average Bonchev–Trinajstić information content (AvgIpc) is 2.73. The van der Waals surface area contributed by atoms with Gasteiger partial charge in [-0.3, -0.25) is 9.97 Å². The third-order valence-corrected chi connectivity index (χ3v) is 8.69. The molecular formula is C28H36N2Si. The van der Waals surface area contributed by atoms with Crippen LogP contribution in [0.2, 0.25) is 19.6 Å². The number of aromatic nitrogens is 2. The van der Waals surface area contributed by atoms with Crippen molar-refractivity contribution in [2.24, 2.45) is 5.92 Å². The van der Waals surface area contributed by atoms with Crippen molar-refractivity contribution < 1.29 is 0 Å². The van der Waals surface area contributed by atoms with Gasteiger partial charge in [0.2, 0.25) is 0 Å². The minimum absolute atomic E-state index is 0.847. The third-order valence-electron chi connectivity index (χ3n) is 6.63. The number of rotatable bonds is 5. The predicted molar refractivity (Wildman–Crippen MR) is 136 cm³/mol. The van der Waals surface area contributed by atoms with Crippen LogP contribution in [0.1, 0.15) is 49.1 Å². The molecule has 31 heavy (non-hydrogen) atoms. The summed E-state index contributed by atoms with van der Waals surface area (Å²) in [6, 6.07) is 15.6. The van der Waals surface area contributed by atoms with E-state index < -0.39 is 8.07 Å². The fourth-order valence-electron chi connectivity index (χ4n) is 5.04. The van der Waals surface area contributed by atoms with E-state index in [0.717, 1.165) is 23.0 Å². The van der Waals surface area contributed by atoms with Crippen LogP contribution in [0.15, 0.2) is 48.7 Å². The minimum atomic E-state index is -1.42. The fourth-order valence-corrected chi connectivity index (χ4v) is 6.63. The Morgan fingerprint density at radius 1 is 0.806 bits per heavy atom. The molecule has 2 nitrogen and oxygen atoms in total. The van der Waals surface area contributed by atoms with Gasteiger partial charge in [0.15, 0.2) is 0 Å². The molecule has 1 saturated carbocycles. The summed E-state index contributed by atoms with van der Waals surface area (Å²) in [6.45, 7) is 11.5. The van der Waals surface area contributed by atoms with Crippen molar-refractivity contribution >= 4 is 13.3 Å². The summed E-state index contributed by atoms with van der Waals surface area (Å²) in [5.74, 6) is 0.847. The molecule has 0 unspecified atom stereocenters. The smallest absolute Gasteiger partial charge is 0.0799 e. The molecule has 0 amide bonds. The molecule has 162 valence electrons. The number of nitrogens with zero attached hydrogens (tertiary/aromatic N) is 2. The van der Waals surface area contributed by atoms with Crippen LogP contribution in [0.3, 0.4) is 0 Å². The highest BCUT2D eigenvalue weighted by molar-refractivity contribution is 6.89. The van der Waals surface area contributed by atoms with Gasteiger partial charge >= 0.3 is 0 Å². The zero-order valence-corrected chi connectivity index (χ0v) is 20.8. The molecule has 0 radical (unpaired) electrons. The van der Waals surface area contributed by atoms with Crippen LogP contribution in [0, 0.1) is 19.8 Å². The van der Waals surface area contributed by atoms with Crippen molar-refractivity contribution in [2.45, 2.75) is 72.0 Å². The van der Waals surface area contributed by atoms with Crippen LogP contribution in [0.5, 0.6) is 0 Å². The Kier molecular flexibility index (Phi) is 6.43. The van der Waals surface area contributed by atoms with Crippen LogP contribution in [-0.4, -0.2) is 18.0 Å². The summed E-state index contributed by atoms with van der Waals surface area (Å²) in [4.78, 5) is 9.43. The van der Waals surface area contributed by atoms with Crippen molar-refractivity contribution in [3.05, 3.63) is 65.6 Å². The highest BCUT2D eigenvalue weighted by Gasteiger charge is 2.24. The highest BCUT2D eigenvalue weighted by Crippen LogP contribution is 2.29. The minimum Gasteiger partial charge on any atom is -0.258 e. The van der Waals surface area contributed by atoms with E-state index in [9.17, 15) is 0 Å². The number of benzene rings is 1. The highest BCUT2D eigenvalue weighted by atomic mass is 28.3. The van der Waals surface area contributed by atoms with Gasteiger partial charge in [-0.1, -0.05) is 76.0 Å². The van der Waals surface area contributed by atoms with E-state index in [1.165, 1.54) is 55.2 Å². The standard InChI is InChI=1S/C28H36N2Si/c1-20-15-25(16-21(2)30-20)23-11-13-24(14-12-23)27-18-26(17-22-9-7-6-8-10-22)28(19-29-27)31(3,4)5/h11-16,18-19,22H,6-10,17H2,1-5H3. The summed E-state index contributed by atoms with van der Waals surface area (Å²) in [5, 5.41) is 1.54. The van der Waals surface area contributed by atoms with E-state index in [2.05, 4.69) is 87.1 Å². The fraction of sp³-hybridized carbons (Fsp3) is 0.429. The molecule has 3 aromatic rings. The molecule has 1 aliphatic carbocycles. The van der Waals surface area contributed by atoms with Crippen LogP contribution >= 0.6 is 0 Å². The van der Waals surface area contributed by atoms with E-state index in [0.29, 0.717) is 0 Å². The lowest BCUT2D eigenvalue weighted by atomic mass is 9.85. The van der Waals surface area contributed by atoms with Gasteiger partial charge in [0, 0.05) is 23.1 Å². The summed E-state index contributed by atoms with van der Waals surface area (Å²) >= 11 is 0. The largest absolute Gasteiger partial charge is 0.258 e. The quantitative estimate of drug-likeness (QED) is 0.405. The lowest BCUT2D eigenvalue weighted by Gasteiger charge is -2.26. The van der Waals surface area contributed by atoms with Gasteiger partial charge in [-0.15, -0.1) is 0 Å². The lowest BCUT2D eigenvalue weighted by molar-refractivity contribution is 0.357. The Balaban J connectivity index is 1.64. The van der Waals surface area contributed by atoms with E-state index >= 15 is 0 Å². The van der Waals surface area contributed by atoms with Gasteiger partial charge in [-0.2, -0.15) is 0 Å². The van der Waals surface area contributed by atoms with Crippen molar-refractivity contribution in [1.29, 1.82) is 0 Å². The first kappa shape index (κ1) is 21.9. The van der Waals surface area contributed by atoms with Crippen LogP contribution in [0.4, 0.5) is 0 Å². The third kappa shape index (κ3) is 5.33. The second-order valence-electron chi connectivity index (χ2n) is 10.4. The zero-order chi connectivity index (χ0) is 22.0. The molecule has 0 saturated heterocycles. The Labute approximate surface area is 189 Å². The maximum absolute atomic E-state index is 4.92. The molecule has 1 aliphatic rings. The number of hydrogen-bond acceptors (Lipinski definition) is 2. The molecule has 4 rings (SSSR count). The van der Waals surface area contributed by atoms with Crippen molar-refractivity contribution in [3.8, 4) is 22.4 Å². The lowest BCUT2D eigenvalue weighted by Crippen LogP contribution is -2.41. The SMILES string of the molecule is Cc1cc(-c2ccc(-c3cc(CC4CCCCC4)c([Si](C)(C)C)cn3)cc2)cc(C)n1. The van der Waals surface area contributed by atoms with Crippen LogP contribution < -0.4 is 5.19 Å². The molecule has 0 N–H and O–H groups in total. The summed E-state index contributed by atoms with van der Waals surface area (Å²) in [5.41, 5.74) is 8.47. The second kappa shape index (κ2) is 9.08. The van der Waals surface area contributed by atoms with Gasteiger partial charge < -0.3 is 0 Å². The molecule has 2 heterocycles. The molecule has 1 aromatic carbocycles. The number of pyridine rings is 2. The molecule has 2 aromatic heterocycles. The van der Waals surface area contributed by atoms with Crippen molar-refractivity contribution in [3.63, 3.8) is 0 Å². The summed E-state index contributed by atoms with van der Waals surface area (Å²) < 4.78 is 0. The monoisotopic (exact) mass is 428 g/mol. The van der Waals surface area contributed by atoms with Crippen molar-refractivity contribution in [2.75, 3.05) is 0 Å². The van der Waals surface area contributed by atoms with E-state index in [-0.39, 0.29) is 0 Å². The molecule has 3 heteroatoms. The first-order valence-corrected chi connectivity index (χ1v) is 15.3. The molecular weight excluding hydrogens is 392 g/mol. The van der Waals surface area contributed by atoms with E-state index in [1.54, 1.807) is 10.8 Å². The van der Waals surface area contributed by atoms with Crippen LogP contribution in [0.25, 0.3) is 22.4 Å². The van der Waals surface area contributed by atoms with Gasteiger partial charge in [0.05, 0.1) is 13.8 Å². The maximum atomic E-state index is 4.92. The normalized spacial score (nSPS) is 15.3. The Bertz CT molecular complexity index is 1020. The van der Waals surface area contributed by atoms with Gasteiger partial charge in [0.25, 0.3) is 0 Å². The topological polar surface area (TPSA) is 25.8 Å². The van der Waals surface area contributed by atoms with Gasteiger partial charge in [0.1, 0.15) is 0 Å². The number of aryl methyl sites for hydroxylation is 2. The molecule has 0 spiro atoms. The zero-order valence-electron chi connectivity index (χ0n) is 19.8. The molecule has 0 bridgehead atoms. The maximum Gasteiger partial charge on any atom is 0.0799 e. The number of hydrogen-bond donors (Lipinski definition) is 0. The van der Waals surface area contributed by atoms with Crippen LogP contribution in [-0.2, 0) is 6.42 Å². The van der Waals surface area contributed by atoms with Crippen molar-refractivity contribution in [1.82, 2.24) is 9.97 Å². The molecule has 0 aliphatic heterocycles. The Morgan fingerprint density at radius 3 is 2.03 bits per heavy atom. The van der Waals surface area contributed by atoms with E-state index in [1.807, 2.05) is 0 Å². The van der Waals surface area contributed by atoms with E-state index in [4.69, 9.17) is 4.98 Å². The van der Waals surface area contributed by atoms with Gasteiger partial charge in [-0.25, -0.2) is 0 Å². The molecule has 1 fully saturated rings. The predicted octanol–water partition coefficient (Wildman–Crippen LogP) is 7.10. The first-order chi connectivity index (χ1) is 14.8. The Morgan fingerprint density at radius 2 is 1.42 bits per heavy atom. The summed E-state index contributed by atoms with van der Waals surface area (Å²) in [6.07, 6.45) is 10.4. The second-order valence-corrected chi connectivity index (χ2v) is 15.4.